The molecule has 1 rings (SSSR count). The molecule has 0 aliphatic carbocycles. The Hall–Kier alpha value is -0.940. The van der Waals surface area contributed by atoms with E-state index in [9.17, 15) is 17.6 Å². The third-order valence-corrected chi connectivity index (χ3v) is 4.73. The Morgan fingerprint density at radius 2 is 2.00 bits per heavy atom. The van der Waals surface area contributed by atoms with Crippen molar-refractivity contribution in [3.63, 3.8) is 0 Å². The average molecular weight is 265 g/mol. The summed E-state index contributed by atoms with van der Waals surface area (Å²) in [6.45, 7) is 1.37. The minimum atomic E-state index is -3.71. The number of hydrogen-bond donors (Lipinski definition) is 0. The Kier molecular flexibility index (Phi) is 4.04. The molecule has 0 unspecified atom stereocenters. The monoisotopic (exact) mass is 264 g/mol. The van der Waals surface area contributed by atoms with E-state index in [1.54, 1.807) is 0 Å². The molecule has 0 radical (unpaired) electrons. The van der Waals surface area contributed by atoms with E-state index in [0.717, 1.165) is 6.07 Å². The van der Waals surface area contributed by atoms with E-state index >= 15 is 0 Å². The summed E-state index contributed by atoms with van der Waals surface area (Å²) in [4.78, 5) is 11.6. The lowest BCUT2D eigenvalue weighted by molar-refractivity contribution is 0.100. The molecule has 0 aliphatic rings. The van der Waals surface area contributed by atoms with Crippen LogP contribution >= 0.6 is 11.6 Å². The number of Topliss-reactive ketones (excluding diaryl/α,β-unsaturated/α-hetero) is 1. The first-order valence-corrected chi connectivity index (χ1v) is 6.69. The minimum absolute atomic E-state index is 0.263. The fourth-order valence-electron chi connectivity index (χ4n) is 1.09. The first-order chi connectivity index (χ1) is 7.40. The number of carbonyl (C=O) groups is 1. The van der Waals surface area contributed by atoms with Gasteiger partial charge >= 0.3 is 0 Å². The maximum Gasteiger partial charge on any atom is 0.198 e. The lowest BCUT2D eigenvalue weighted by Crippen LogP contribution is -2.27. The lowest BCUT2D eigenvalue weighted by atomic mass is 10.1. The van der Waals surface area contributed by atoms with Gasteiger partial charge in [-0.15, -0.1) is 0 Å². The van der Waals surface area contributed by atoms with Crippen LogP contribution in [0.4, 0.5) is 4.39 Å². The molecule has 1 aromatic carbocycles. The molecule has 0 aromatic heterocycles. The Morgan fingerprint density at radius 1 is 1.44 bits per heavy atom. The fraction of sp³-hybridized carbons (Fsp3) is 0.300. The molecule has 0 saturated heterocycles. The van der Waals surface area contributed by atoms with Gasteiger partial charge in [0, 0.05) is 5.75 Å². The van der Waals surface area contributed by atoms with Crippen LogP contribution in [-0.4, -0.2) is 24.7 Å². The van der Waals surface area contributed by atoms with E-state index in [0.29, 0.717) is 0 Å². The average Bonchev–Trinajstić information content (AvgIpc) is 2.27. The highest BCUT2D eigenvalue weighted by atomic mass is 35.5. The second kappa shape index (κ2) is 4.93. The van der Waals surface area contributed by atoms with Crippen molar-refractivity contribution in [1.29, 1.82) is 0 Å². The van der Waals surface area contributed by atoms with Gasteiger partial charge in [-0.25, -0.2) is 12.8 Å². The molecule has 1 atom stereocenters. The van der Waals surface area contributed by atoms with Crippen molar-refractivity contribution in [2.24, 2.45) is 0 Å². The molecule has 0 fully saturated rings. The minimum Gasteiger partial charge on any atom is -0.291 e. The summed E-state index contributed by atoms with van der Waals surface area (Å²) in [5, 5.41) is 0. The van der Waals surface area contributed by atoms with Crippen LogP contribution in [-0.2, 0) is 9.84 Å². The molecule has 6 heteroatoms. The molecule has 0 saturated carbocycles. The van der Waals surface area contributed by atoms with Crippen molar-refractivity contribution in [2.75, 3.05) is 5.75 Å². The summed E-state index contributed by atoms with van der Waals surface area (Å²) in [7, 11) is -3.71. The molecule has 3 nitrogen and oxygen atoms in total. The van der Waals surface area contributed by atoms with Crippen molar-refractivity contribution in [3.05, 3.63) is 35.6 Å². The summed E-state index contributed by atoms with van der Waals surface area (Å²) < 4.78 is 34.2. The van der Waals surface area contributed by atoms with Crippen LogP contribution in [0.1, 0.15) is 17.3 Å². The van der Waals surface area contributed by atoms with E-state index in [2.05, 4.69) is 0 Å². The number of hydrogen-bond acceptors (Lipinski definition) is 3. The molecule has 1 aromatic rings. The van der Waals surface area contributed by atoms with Crippen molar-refractivity contribution < 1.29 is 17.6 Å². The van der Waals surface area contributed by atoms with E-state index in [-0.39, 0.29) is 11.3 Å². The van der Waals surface area contributed by atoms with Crippen molar-refractivity contribution >= 4 is 27.2 Å². The van der Waals surface area contributed by atoms with E-state index < -0.39 is 26.1 Å². The molecule has 0 bridgehead atoms. The van der Waals surface area contributed by atoms with Gasteiger partial charge in [0.15, 0.2) is 20.3 Å². The highest BCUT2D eigenvalue weighted by molar-refractivity contribution is 7.94. The van der Waals surface area contributed by atoms with Crippen LogP contribution in [0.15, 0.2) is 24.3 Å². The second-order valence-electron chi connectivity index (χ2n) is 3.11. The maximum atomic E-state index is 13.2. The number of carbonyl (C=O) groups excluding carboxylic acids is 1. The normalized spacial score (nSPS) is 13.4. The summed E-state index contributed by atoms with van der Waals surface area (Å²) in [6.07, 6.45) is 0. The van der Waals surface area contributed by atoms with E-state index in [1.165, 1.54) is 25.1 Å². The standard InChI is InChI=1S/C10H10ClFO3S/c1-2-16(14,15)10(11)9(13)7-5-3-4-6-8(7)12/h3-6,10H,2H2,1H3/t10-/m1/s1. The highest BCUT2D eigenvalue weighted by Gasteiger charge is 2.30. The largest absolute Gasteiger partial charge is 0.291 e. The topological polar surface area (TPSA) is 51.2 Å². The highest BCUT2D eigenvalue weighted by Crippen LogP contribution is 2.17. The van der Waals surface area contributed by atoms with Gasteiger partial charge in [0.2, 0.25) is 0 Å². The van der Waals surface area contributed by atoms with E-state index in [4.69, 9.17) is 11.6 Å². The second-order valence-corrected chi connectivity index (χ2v) is 6.18. The van der Waals surface area contributed by atoms with Crippen LogP contribution in [0.5, 0.6) is 0 Å². The summed E-state index contributed by atoms with van der Waals surface area (Å²) >= 11 is 5.53. The lowest BCUT2D eigenvalue weighted by Gasteiger charge is -2.08. The molecule has 0 spiro atoms. The van der Waals surface area contributed by atoms with Crippen LogP contribution < -0.4 is 0 Å². The number of benzene rings is 1. The smallest absolute Gasteiger partial charge is 0.198 e. The molecule has 0 aliphatic heterocycles. The Bertz CT molecular complexity index is 499. The van der Waals surface area contributed by atoms with Gasteiger partial charge in [-0.3, -0.25) is 4.79 Å². The fourth-order valence-corrected chi connectivity index (χ4v) is 2.33. The molecular weight excluding hydrogens is 255 g/mol. The maximum absolute atomic E-state index is 13.2. The van der Waals surface area contributed by atoms with Gasteiger partial charge in [-0.1, -0.05) is 30.7 Å². The van der Waals surface area contributed by atoms with Crippen LogP contribution in [0, 0.1) is 5.82 Å². The predicted octanol–water partition coefficient (Wildman–Crippen LogP) is 2.01. The van der Waals surface area contributed by atoms with Crippen LogP contribution in [0.3, 0.4) is 0 Å². The molecule has 0 amide bonds. The van der Waals surface area contributed by atoms with Gasteiger partial charge in [0.1, 0.15) is 5.82 Å². The zero-order valence-electron chi connectivity index (χ0n) is 8.48. The Morgan fingerprint density at radius 3 is 2.50 bits per heavy atom. The first-order valence-electron chi connectivity index (χ1n) is 4.54. The number of halogens is 2. The van der Waals surface area contributed by atoms with Crippen molar-refractivity contribution in [2.45, 2.75) is 11.6 Å². The molecule has 0 N–H and O–H groups in total. The Labute approximate surface area is 98.1 Å². The predicted molar refractivity (Wildman–Crippen MR) is 59.8 cm³/mol. The van der Waals surface area contributed by atoms with Crippen LogP contribution in [0.25, 0.3) is 0 Å². The van der Waals surface area contributed by atoms with Crippen molar-refractivity contribution in [3.8, 4) is 0 Å². The van der Waals surface area contributed by atoms with Crippen molar-refractivity contribution in [1.82, 2.24) is 0 Å². The zero-order valence-corrected chi connectivity index (χ0v) is 10.1. The molecular formula is C10H10ClFO3S. The molecule has 88 valence electrons. The third-order valence-electron chi connectivity index (χ3n) is 2.06. The zero-order chi connectivity index (χ0) is 12.3. The number of rotatable bonds is 4. The summed E-state index contributed by atoms with van der Waals surface area (Å²) in [5.41, 5.74) is -0.306. The summed E-state index contributed by atoms with van der Waals surface area (Å²) in [5.74, 6) is -1.97. The van der Waals surface area contributed by atoms with E-state index in [1.807, 2.05) is 0 Å². The number of alkyl halides is 1. The van der Waals surface area contributed by atoms with Gasteiger partial charge in [0.25, 0.3) is 0 Å². The Balaban J connectivity index is 3.10. The molecule has 0 heterocycles. The third kappa shape index (κ3) is 2.59. The van der Waals surface area contributed by atoms with Gasteiger partial charge in [-0.05, 0) is 12.1 Å². The number of sulfone groups is 1. The molecule has 16 heavy (non-hydrogen) atoms. The first kappa shape index (κ1) is 13.1. The number of ketones is 1. The SMILES string of the molecule is CCS(=O)(=O)[C@@H](Cl)C(=O)c1ccccc1F. The van der Waals surface area contributed by atoms with Gasteiger partial charge < -0.3 is 0 Å². The van der Waals surface area contributed by atoms with Crippen LogP contribution in [0.2, 0.25) is 0 Å². The van der Waals surface area contributed by atoms with Gasteiger partial charge in [-0.2, -0.15) is 0 Å². The quantitative estimate of drug-likeness (QED) is 0.617. The summed E-state index contributed by atoms with van der Waals surface area (Å²) in [6, 6.07) is 5.13. The van der Waals surface area contributed by atoms with Gasteiger partial charge in [0.05, 0.1) is 5.56 Å².